The summed E-state index contributed by atoms with van der Waals surface area (Å²) in [5, 5.41) is 13.3. The summed E-state index contributed by atoms with van der Waals surface area (Å²) in [4.78, 5) is 2.23. The normalized spacial score (nSPS) is 28.6. The fraction of sp³-hybridized carbons (Fsp3) is 1.00. The maximum Gasteiger partial charge on any atom is 0.0909 e. The zero-order chi connectivity index (χ0) is 9.73. The fourth-order valence-corrected chi connectivity index (χ4v) is 1.87. The summed E-state index contributed by atoms with van der Waals surface area (Å²) >= 11 is 0. The van der Waals surface area contributed by atoms with Gasteiger partial charge in [0, 0.05) is 13.1 Å². The van der Waals surface area contributed by atoms with Crippen molar-refractivity contribution in [2.24, 2.45) is 0 Å². The zero-order valence-electron chi connectivity index (χ0n) is 8.84. The van der Waals surface area contributed by atoms with Crippen molar-refractivity contribution >= 4 is 0 Å². The molecule has 1 aliphatic heterocycles. The minimum Gasteiger partial charge on any atom is -0.387 e. The second-order valence-electron chi connectivity index (χ2n) is 4.24. The van der Waals surface area contributed by atoms with Crippen LogP contribution in [0.15, 0.2) is 0 Å². The monoisotopic (exact) mass is 186 g/mol. The first kappa shape index (κ1) is 11.0. The van der Waals surface area contributed by atoms with E-state index in [1.54, 1.807) is 0 Å². The van der Waals surface area contributed by atoms with E-state index in [0.717, 1.165) is 32.6 Å². The predicted molar refractivity (Wildman–Crippen MR) is 54.8 cm³/mol. The Labute approximate surface area is 81.1 Å². The van der Waals surface area contributed by atoms with Crippen molar-refractivity contribution in [1.29, 1.82) is 0 Å². The number of aliphatic hydroxyl groups is 1. The van der Waals surface area contributed by atoms with E-state index in [0.29, 0.717) is 0 Å². The number of likely N-dealkylation sites (N-methyl/N-ethyl adjacent to an activating group) is 1. The van der Waals surface area contributed by atoms with Crippen LogP contribution in [0.2, 0.25) is 0 Å². The van der Waals surface area contributed by atoms with Crippen molar-refractivity contribution in [2.45, 2.75) is 31.8 Å². The van der Waals surface area contributed by atoms with Crippen LogP contribution in [0.3, 0.4) is 0 Å². The van der Waals surface area contributed by atoms with E-state index in [4.69, 9.17) is 0 Å². The molecule has 1 aliphatic rings. The highest BCUT2D eigenvalue weighted by Gasteiger charge is 2.31. The summed E-state index contributed by atoms with van der Waals surface area (Å²) in [7, 11) is 2.09. The minimum absolute atomic E-state index is 0.470. The van der Waals surface area contributed by atoms with Crippen LogP contribution in [-0.4, -0.2) is 48.8 Å². The van der Waals surface area contributed by atoms with E-state index in [1.165, 1.54) is 12.8 Å². The SMILES string of the molecule is CCCCN(C)CC1(O)CCNC1. The van der Waals surface area contributed by atoms with Crippen LogP contribution in [0.25, 0.3) is 0 Å². The molecule has 1 unspecified atom stereocenters. The number of nitrogens with zero attached hydrogens (tertiary/aromatic N) is 1. The molecule has 0 saturated carbocycles. The quantitative estimate of drug-likeness (QED) is 0.654. The molecule has 0 aliphatic carbocycles. The van der Waals surface area contributed by atoms with Crippen LogP contribution in [0.1, 0.15) is 26.2 Å². The second kappa shape index (κ2) is 4.94. The van der Waals surface area contributed by atoms with Crippen LogP contribution in [0.4, 0.5) is 0 Å². The van der Waals surface area contributed by atoms with E-state index in [1.807, 2.05) is 0 Å². The van der Waals surface area contributed by atoms with Gasteiger partial charge >= 0.3 is 0 Å². The third-order valence-electron chi connectivity index (χ3n) is 2.68. The molecular formula is C10H22N2O. The van der Waals surface area contributed by atoms with Gasteiger partial charge in [0.25, 0.3) is 0 Å². The lowest BCUT2D eigenvalue weighted by molar-refractivity contribution is 0.0281. The molecule has 0 aromatic carbocycles. The maximum absolute atomic E-state index is 10.1. The van der Waals surface area contributed by atoms with Crippen LogP contribution >= 0.6 is 0 Å². The Kier molecular flexibility index (Phi) is 4.16. The van der Waals surface area contributed by atoms with E-state index in [9.17, 15) is 5.11 Å². The van der Waals surface area contributed by atoms with Gasteiger partial charge in [0.15, 0.2) is 0 Å². The lowest BCUT2D eigenvalue weighted by Gasteiger charge is -2.27. The summed E-state index contributed by atoms with van der Waals surface area (Å²) in [6.07, 6.45) is 3.34. The molecule has 0 bridgehead atoms. The molecule has 3 nitrogen and oxygen atoms in total. The molecule has 1 atom stereocenters. The van der Waals surface area contributed by atoms with Crippen LogP contribution in [0, 0.1) is 0 Å². The van der Waals surface area contributed by atoms with Crippen molar-refractivity contribution in [3.63, 3.8) is 0 Å². The molecule has 2 N–H and O–H groups in total. The van der Waals surface area contributed by atoms with Gasteiger partial charge in [0.05, 0.1) is 5.60 Å². The van der Waals surface area contributed by atoms with Crippen molar-refractivity contribution in [1.82, 2.24) is 10.2 Å². The molecule has 0 spiro atoms. The number of nitrogens with one attached hydrogen (secondary N) is 1. The Morgan fingerprint density at radius 2 is 2.31 bits per heavy atom. The van der Waals surface area contributed by atoms with Crippen LogP contribution in [0.5, 0.6) is 0 Å². The first-order chi connectivity index (χ1) is 6.16. The third kappa shape index (κ3) is 3.63. The summed E-state index contributed by atoms with van der Waals surface area (Å²) < 4.78 is 0. The molecule has 0 amide bonds. The molecule has 13 heavy (non-hydrogen) atoms. The standard InChI is InChI=1S/C10H22N2O/c1-3-4-7-12(2)9-10(13)5-6-11-8-10/h11,13H,3-9H2,1-2H3. The van der Waals surface area contributed by atoms with Crippen molar-refractivity contribution in [3.8, 4) is 0 Å². The van der Waals surface area contributed by atoms with Gasteiger partial charge in [-0.1, -0.05) is 13.3 Å². The highest BCUT2D eigenvalue weighted by atomic mass is 16.3. The van der Waals surface area contributed by atoms with Gasteiger partial charge in [-0.05, 0) is 33.0 Å². The van der Waals surface area contributed by atoms with E-state index < -0.39 is 5.60 Å². The molecule has 1 rings (SSSR count). The van der Waals surface area contributed by atoms with E-state index in [2.05, 4.69) is 24.2 Å². The Hall–Kier alpha value is -0.120. The predicted octanol–water partition coefficient (Wildman–Crippen LogP) is 0.443. The Morgan fingerprint density at radius 3 is 2.85 bits per heavy atom. The van der Waals surface area contributed by atoms with Gasteiger partial charge in [-0.2, -0.15) is 0 Å². The lowest BCUT2D eigenvalue weighted by Crippen LogP contribution is -2.43. The molecule has 1 fully saturated rings. The van der Waals surface area contributed by atoms with Crippen LogP contribution in [-0.2, 0) is 0 Å². The highest BCUT2D eigenvalue weighted by molar-refractivity contribution is 4.89. The summed E-state index contributed by atoms with van der Waals surface area (Å²) in [6, 6.07) is 0. The molecular weight excluding hydrogens is 164 g/mol. The Bertz CT molecular complexity index is 144. The lowest BCUT2D eigenvalue weighted by atomic mass is 10.0. The Balaban J connectivity index is 2.21. The molecule has 1 saturated heterocycles. The number of β-amino-alcohol motifs (C(OH)–C–C–N with tert-alkyl or cyclic N) is 1. The highest BCUT2D eigenvalue weighted by Crippen LogP contribution is 2.15. The third-order valence-corrected chi connectivity index (χ3v) is 2.68. The summed E-state index contributed by atoms with van der Waals surface area (Å²) in [5.74, 6) is 0. The molecule has 0 radical (unpaired) electrons. The Morgan fingerprint density at radius 1 is 1.54 bits per heavy atom. The van der Waals surface area contributed by atoms with Gasteiger partial charge in [-0.15, -0.1) is 0 Å². The van der Waals surface area contributed by atoms with E-state index in [-0.39, 0.29) is 0 Å². The van der Waals surface area contributed by atoms with Crippen molar-refractivity contribution in [2.75, 3.05) is 33.2 Å². The van der Waals surface area contributed by atoms with Gasteiger partial charge in [-0.25, -0.2) is 0 Å². The fourth-order valence-electron chi connectivity index (χ4n) is 1.87. The average Bonchev–Trinajstić information content (AvgIpc) is 2.48. The summed E-state index contributed by atoms with van der Waals surface area (Å²) in [6.45, 7) is 5.81. The van der Waals surface area contributed by atoms with Gasteiger partial charge < -0.3 is 15.3 Å². The molecule has 78 valence electrons. The van der Waals surface area contributed by atoms with Gasteiger partial charge in [0.2, 0.25) is 0 Å². The van der Waals surface area contributed by atoms with E-state index >= 15 is 0 Å². The van der Waals surface area contributed by atoms with Crippen molar-refractivity contribution in [3.05, 3.63) is 0 Å². The number of hydrogen-bond acceptors (Lipinski definition) is 3. The average molecular weight is 186 g/mol. The smallest absolute Gasteiger partial charge is 0.0909 e. The zero-order valence-corrected chi connectivity index (χ0v) is 8.84. The molecule has 1 heterocycles. The largest absolute Gasteiger partial charge is 0.387 e. The minimum atomic E-state index is -0.470. The number of rotatable bonds is 5. The first-order valence-electron chi connectivity index (χ1n) is 5.28. The van der Waals surface area contributed by atoms with Gasteiger partial charge in [-0.3, -0.25) is 0 Å². The number of hydrogen-bond donors (Lipinski definition) is 2. The van der Waals surface area contributed by atoms with Gasteiger partial charge in [0.1, 0.15) is 0 Å². The number of unbranched alkanes of at least 4 members (excludes halogenated alkanes) is 1. The molecule has 3 heteroatoms. The molecule has 0 aromatic rings. The summed E-state index contributed by atoms with van der Waals surface area (Å²) in [5.41, 5.74) is -0.470. The maximum atomic E-state index is 10.1. The second-order valence-corrected chi connectivity index (χ2v) is 4.24. The molecule has 0 aromatic heterocycles. The van der Waals surface area contributed by atoms with Crippen LogP contribution < -0.4 is 5.32 Å². The topological polar surface area (TPSA) is 35.5 Å². The van der Waals surface area contributed by atoms with Crippen molar-refractivity contribution < 1.29 is 5.11 Å². The first-order valence-corrected chi connectivity index (χ1v) is 5.28.